The van der Waals surface area contributed by atoms with Gasteiger partial charge in [0.05, 0.1) is 11.4 Å². The summed E-state index contributed by atoms with van der Waals surface area (Å²) in [5.41, 5.74) is 0.630. The zero-order valence-corrected chi connectivity index (χ0v) is 11.6. The van der Waals surface area contributed by atoms with E-state index in [-0.39, 0.29) is 18.1 Å². The SMILES string of the molecule is CC(=O)/C=C1\S[C@H](CC(=O)O)C(=O)N1c1ccccc1. The molecular formula is C14H13NO4S. The number of carbonyl (C=O) groups is 3. The Bertz CT molecular complexity index is 582. The largest absolute Gasteiger partial charge is 0.481 e. The highest BCUT2D eigenvalue weighted by Gasteiger charge is 2.38. The lowest BCUT2D eigenvalue weighted by Gasteiger charge is -2.17. The van der Waals surface area contributed by atoms with Gasteiger partial charge in [-0.15, -0.1) is 0 Å². The lowest BCUT2D eigenvalue weighted by molar-refractivity contribution is -0.138. The summed E-state index contributed by atoms with van der Waals surface area (Å²) in [6, 6.07) is 8.87. The summed E-state index contributed by atoms with van der Waals surface area (Å²) in [7, 11) is 0. The summed E-state index contributed by atoms with van der Waals surface area (Å²) < 4.78 is 0. The first-order valence-electron chi connectivity index (χ1n) is 5.99. The Labute approximate surface area is 120 Å². The molecule has 0 spiro atoms. The van der Waals surface area contributed by atoms with Gasteiger partial charge in [-0.3, -0.25) is 19.3 Å². The molecule has 0 bridgehead atoms. The topological polar surface area (TPSA) is 74.7 Å². The lowest BCUT2D eigenvalue weighted by Crippen LogP contribution is -2.29. The Morgan fingerprint density at radius 2 is 2.00 bits per heavy atom. The zero-order chi connectivity index (χ0) is 14.7. The molecule has 5 nitrogen and oxygen atoms in total. The minimum atomic E-state index is -1.03. The van der Waals surface area contributed by atoms with Crippen LogP contribution in [-0.4, -0.2) is 28.0 Å². The van der Waals surface area contributed by atoms with Crippen molar-refractivity contribution in [3.8, 4) is 0 Å². The number of carboxylic acids is 1. The highest BCUT2D eigenvalue weighted by atomic mass is 32.2. The van der Waals surface area contributed by atoms with Crippen molar-refractivity contribution in [2.45, 2.75) is 18.6 Å². The summed E-state index contributed by atoms with van der Waals surface area (Å²) >= 11 is 1.11. The van der Waals surface area contributed by atoms with E-state index in [0.717, 1.165) is 11.8 Å². The molecule has 20 heavy (non-hydrogen) atoms. The van der Waals surface area contributed by atoms with Gasteiger partial charge in [0.25, 0.3) is 0 Å². The number of hydrogen-bond acceptors (Lipinski definition) is 4. The summed E-state index contributed by atoms with van der Waals surface area (Å²) in [4.78, 5) is 35.8. The first-order valence-corrected chi connectivity index (χ1v) is 6.86. The van der Waals surface area contributed by atoms with E-state index in [9.17, 15) is 14.4 Å². The van der Waals surface area contributed by atoms with Crippen LogP contribution < -0.4 is 4.90 Å². The predicted octanol–water partition coefficient (Wildman–Crippen LogP) is 2.04. The number of thioether (sulfide) groups is 1. The number of aliphatic carboxylic acids is 1. The van der Waals surface area contributed by atoms with Crippen LogP contribution in [-0.2, 0) is 14.4 Å². The molecule has 1 aliphatic heterocycles. The van der Waals surface area contributed by atoms with Crippen molar-refractivity contribution in [1.29, 1.82) is 0 Å². The summed E-state index contributed by atoms with van der Waals surface area (Å²) in [5, 5.41) is 8.62. The van der Waals surface area contributed by atoms with Crippen LogP contribution in [0.15, 0.2) is 41.4 Å². The van der Waals surface area contributed by atoms with Gasteiger partial charge in [0.15, 0.2) is 5.78 Å². The minimum absolute atomic E-state index is 0.183. The summed E-state index contributed by atoms with van der Waals surface area (Å²) in [6.45, 7) is 1.39. The monoisotopic (exact) mass is 291 g/mol. The van der Waals surface area contributed by atoms with Crippen molar-refractivity contribution in [3.63, 3.8) is 0 Å². The normalized spacial score (nSPS) is 20.4. The van der Waals surface area contributed by atoms with Crippen LogP contribution >= 0.6 is 11.8 Å². The first kappa shape index (κ1) is 14.3. The highest BCUT2D eigenvalue weighted by Crippen LogP contribution is 2.39. The van der Waals surface area contributed by atoms with Crippen LogP contribution in [0.3, 0.4) is 0 Å². The molecule has 0 aliphatic carbocycles. The molecule has 1 fully saturated rings. The Morgan fingerprint density at radius 3 is 2.55 bits per heavy atom. The fourth-order valence-electron chi connectivity index (χ4n) is 1.89. The molecule has 104 valence electrons. The number of carboxylic acid groups (broad SMARTS) is 1. The number of ketones is 1. The van der Waals surface area contributed by atoms with Crippen LogP contribution in [0, 0.1) is 0 Å². The number of carbonyl (C=O) groups excluding carboxylic acids is 2. The van der Waals surface area contributed by atoms with Gasteiger partial charge in [0.2, 0.25) is 5.91 Å². The molecule has 0 radical (unpaired) electrons. The van der Waals surface area contributed by atoms with Crippen molar-refractivity contribution in [1.82, 2.24) is 0 Å². The second-order valence-electron chi connectivity index (χ2n) is 4.31. The number of benzene rings is 1. The van der Waals surface area contributed by atoms with Crippen molar-refractivity contribution >= 4 is 35.1 Å². The molecule has 2 rings (SSSR count). The molecule has 1 amide bonds. The summed E-state index contributed by atoms with van der Waals surface area (Å²) in [5.74, 6) is -1.53. The van der Waals surface area contributed by atoms with Crippen molar-refractivity contribution in [3.05, 3.63) is 41.4 Å². The molecule has 1 atom stereocenters. The number of rotatable bonds is 4. The van der Waals surface area contributed by atoms with Crippen LogP contribution in [0.5, 0.6) is 0 Å². The van der Waals surface area contributed by atoms with E-state index in [1.165, 1.54) is 17.9 Å². The van der Waals surface area contributed by atoms with Gasteiger partial charge in [-0.05, 0) is 19.1 Å². The molecule has 0 unspecified atom stereocenters. The maximum atomic E-state index is 12.3. The number of amides is 1. The molecule has 1 aromatic rings. The lowest BCUT2D eigenvalue weighted by atomic mass is 10.2. The molecule has 1 aromatic carbocycles. The maximum absolute atomic E-state index is 12.3. The van der Waals surface area contributed by atoms with Crippen LogP contribution in [0.4, 0.5) is 5.69 Å². The maximum Gasteiger partial charge on any atom is 0.305 e. The second kappa shape index (κ2) is 5.92. The number of anilines is 1. The average Bonchev–Trinajstić information content (AvgIpc) is 2.65. The first-order chi connectivity index (χ1) is 9.49. The molecule has 1 aliphatic rings. The van der Waals surface area contributed by atoms with E-state index in [0.29, 0.717) is 10.7 Å². The Hall–Kier alpha value is -2.08. The molecule has 0 saturated carbocycles. The Kier molecular flexibility index (Phi) is 4.24. The number of hydrogen-bond donors (Lipinski definition) is 1. The average molecular weight is 291 g/mol. The number of nitrogens with zero attached hydrogens (tertiary/aromatic N) is 1. The second-order valence-corrected chi connectivity index (χ2v) is 5.53. The van der Waals surface area contributed by atoms with Crippen molar-refractivity contribution < 1.29 is 19.5 Å². The standard InChI is InChI=1S/C14H13NO4S/c1-9(16)7-12-15(10-5-3-2-4-6-10)14(19)11(20-12)8-13(17)18/h2-7,11H,8H2,1H3,(H,17,18)/b12-7-/t11-/m1/s1. The van der Waals surface area contributed by atoms with Gasteiger partial charge in [0, 0.05) is 11.8 Å². The molecular weight excluding hydrogens is 278 g/mol. The Balaban J connectivity index is 2.37. The van der Waals surface area contributed by atoms with E-state index in [4.69, 9.17) is 5.11 Å². The molecule has 1 saturated heterocycles. The van der Waals surface area contributed by atoms with E-state index in [2.05, 4.69) is 0 Å². The van der Waals surface area contributed by atoms with Crippen LogP contribution in [0.25, 0.3) is 0 Å². The Morgan fingerprint density at radius 1 is 1.35 bits per heavy atom. The van der Waals surface area contributed by atoms with Crippen molar-refractivity contribution in [2.24, 2.45) is 0 Å². The van der Waals surface area contributed by atoms with Crippen molar-refractivity contribution in [2.75, 3.05) is 4.90 Å². The van der Waals surface area contributed by atoms with Crippen LogP contribution in [0.2, 0.25) is 0 Å². The van der Waals surface area contributed by atoms with Gasteiger partial charge in [-0.2, -0.15) is 0 Å². The van der Waals surface area contributed by atoms with Gasteiger partial charge in [-0.1, -0.05) is 30.0 Å². The minimum Gasteiger partial charge on any atom is -0.481 e. The third-order valence-corrected chi connectivity index (χ3v) is 3.88. The molecule has 1 heterocycles. The summed E-state index contributed by atoms with van der Waals surface area (Å²) in [6.07, 6.45) is 1.10. The quantitative estimate of drug-likeness (QED) is 0.859. The zero-order valence-electron chi connectivity index (χ0n) is 10.8. The molecule has 1 N–H and O–H groups in total. The number of para-hydroxylation sites is 1. The fourth-order valence-corrected chi connectivity index (χ4v) is 3.15. The van der Waals surface area contributed by atoms with Crippen LogP contribution in [0.1, 0.15) is 13.3 Å². The highest BCUT2D eigenvalue weighted by molar-refractivity contribution is 8.05. The van der Waals surface area contributed by atoms with E-state index in [1.807, 2.05) is 6.07 Å². The molecule has 6 heteroatoms. The third-order valence-electron chi connectivity index (χ3n) is 2.68. The molecule has 0 aromatic heterocycles. The van der Waals surface area contributed by atoms with Gasteiger partial charge in [0.1, 0.15) is 5.25 Å². The number of allylic oxidation sites excluding steroid dienone is 1. The van der Waals surface area contributed by atoms with Gasteiger partial charge >= 0.3 is 5.97 Å². The van der Waals surface area contributed by atoms with E-state index >= 15 is 0 Å². The fraction of sp³-hybridized carbons (Fsp3) is 0.214. The third kappa shape index (κ3) is 3.08. The van der Waals surface area contributed by atoms with E-state index < -0.39 is 11.2 Å². The predicted molar refractivity (Wildman–Crippen MR) is 76.3 cm³/mol. The van der Waals surface area contributed by atoms with E-state index in [1.54, 1.807) is 24.3 Å². The van der Waals surface area contributed by atoms with Gasteiger partial charge < -0.3 is 5.11 Å². The van der Waals surface area contributed by atoms with Gasteiger partial charge in [-0.25, -0.2) is 0 Å². The smallest absolute Gasteiger partial charge is 0.305 e.